The minimum atomic E-state index is -0.343. The molecule has 118 valence electrons. The van der Waals surface area contributed by atoms with Gasteiger partial charge in [-0.15, -0.1) is 11.8 Å². The zero-order valence-corrected chi connectivity index (χ0v) is 13.6. The molecule has 0 spiro atoms. The van der Waals surface area contributed by atoms with E-state index in [4.69, 9.17) is 4.74 Å². The van der Waals surface area contributed by atoms with Crippen molar-refractivity contribution in [3.63, 3.8) is 0 Å². The second-order valence-corrected chi connectivity index (χ2v) is 6.88. The fraction of sp³-hybridized carbons (Fsp3) is 0.500. The first-order valence-corrected chi connectivity index (χ1v) is 8.53. The van der Waals surface area contributed by atoms with Crippen molar-refractivity contribution in [2.45, 2.75) is 12.5 Å². The zero-order valence-electron chi connectivity index (χ0n) is 12.8. The fourth-order valence-electron chi connectivity index (χ4n) is 2.88. The molecule has 5 nitrogen and oxygen atoms in total. The molecule has 0 unspecified atom stereocenters. The van der Waals surface area contributed by atoms with E-state index in [2.05, 4.69) is 0 Å². The Kier molecular flexibility index (Phi) is 4.29. The third-order valence-corrected chi connectivity index (χ3v) is 5.13. The maximum absolute atomic E-state index is 12.8. The van der Waals surface area contributed by atoms with Gasteiger partial charge in [0.05, 0.1) is 11.8 Å². The molecule has 0 N–H and O–H groups in total. The number of thioether (sulfide) groups is 1. The van der Waals surface area contributed by atoms with Crippen molar-refractivity contribution in [1.82, 2.24) is 9.80 Å². The number of rotatable bonds is 2. The van der Waals surface area contributed by atoms with Crippen LogP contribution in [0.2, 0.25) is 0 Å². The Bertz CT molecular complexity index is 591. The first-order chi connectivity index (χ1) is 10.6. The average Bonchev–Trinajstić information content (AvgIpc) is 3.02. The molecule has 2 aliphatic rings. The maximum atomic E-state index is 12.8. The third-order valence-electron chi connectivity index (χ3n) is 4.12. The van der Waals surface area contributed by atoms with E-state index in [9.17, 15) is 9.59 Å². The molecule has 1 aromatic carbocycles. The van der Waals surface area contributed by atoms with Gasteiger partial charge in [-0.25, -0.2) is 0 Å². The molecule has 2 aliphatic heterocycles. The van der Waals surface area contributed by atoms with Crippen molar-refractivity contribution in [2.75, 3.05) is 32.3 Å². The molecule has 6 heteroatoms. The van der Waals surface area contributed by atoms with Gasteiger partial charge in [0.2, 0.25) is 11.8 Å². The highest BCUT2D eigenvalue weighted by molar-refractivity contribution is 7.99. The minimum absolute atomic E-state index is 0.00419. The second kappa shape index (κ2) is 6.20. The van der Waals surface area contributed by atoms with Gasteiger partial charge in [-0.1, -0.05) is 18.2 Å². The van der Waals surface area contributed by atoms with E-state index in [-0.39, 0.29) is 23.8 Å². The van der Waals surface area contributed by atoms with E-state index >= 15 is 0 Å². The van der Waals surface area contributed by atoms with Crippen molar-refractivity contribution in [3.8, 4) is 5.75 Å². The number of carbonyl (C=O) groups excluding carboxylic acids is 2. The Morgan fingerprint density at radius 2 is 2.09 bits per heavy atom. The smallest absolute Gasteiger partial charge is 0.245 e. The summed E-state index contributed by atoms with van der Waals surface area (Å²) in [4.78, 5) is 28.3. The molecular formula is C16H20N2O3S. The highest BCUT2D eigenvalue weighted by atomic mass is 32.2. The van der Waals surface area contributed by atoms with Gasteiger partial charge in [-0.05, 0) is 18.1 Å². The largest absolute Gasteiger partial charge is 0.492 e. The Balaban J connectivity index is 1.73. The summed E-state index contributed by atoms with van der Waals surface area (Å²) >= 11 is 1.63. The molecular weight excluding hydrogens is 300 g/mol. The molecule has 3 rings (SSSR count). The summed E-state index contributed by atoms with van der Waals surface area (Å²) < 4.78 is 5.71. The van der Waals surface area contributed by atoms with Gasteiger partial charge >= 0.3 is 0 Å². The molecule has 0 saturated carbocycles. The van der Waals surface area contributed by atoms with Crippen LogP contribution >= 0.6 is 11.8 Å². The molecule has 0 aromatic heterocycles. The van der Waals surface area contributed by atoms with Crippen LogP contribution in [0.3, 0.4) is 0 Å². The van der Waals surface area contributed by atoms with E-state index < -0.39 is 0 Å². The van der Waals surface area contributed by atoms with Crippen LogP contribution in [0, 0.1) is 5.92 Å². The number of hydrogen-bond donors (Lipinski definition) is 0. The molecule has 0 bridgehead atoms. The number of carbonyl (C=O) groups is 2. The van der Waals surface area contributed by atoms with E-state index in [0.717, 1.165) is 11.3 Å². The molecule has 2 heterocycles. The van der Waals surface area contributed by atoms with Crippen LogP contribution in [-0.2, 0) is 16.0 Å². The monoisotopic (exact) mass is 320 g/mol. The summed E-state index contributed by atoms with van der Waals surface area (Å²) in [5.74, 6) is 1.94. The Labute approximate surface area is 134 Å². The van der Waals surface area contributed by atoms with E-state index in [1.54, 1.807) is 35.7 Å². The summed E-state index contributed by atoms with van der Waals surface area (Å²) in [6, 6.07) is 7.48. The highest BCUT2D eigenvalue weighted by Gasteiger charge is 2.39. The van der Waals surface area contributed by atoms with Crippen molar-refractivity contribution >= 4 is 23.6 Å². The summed E-state index contributed by atoms with van der Waals surface area (Å²) in [6.45, 7) is 0.389. The minimum Gasteiger partial charge on any atom is -0.492 e. The van der Waals surface area contributed by atoms with Crippen LogP contribution in [0.1, 0.15) is 5.56 Å². The molecule has 2 amide bonds. The Hall–Kier alpha value is -1.69. The third kappa shape index (κ3) is 2.79. The topological polar surface area (TPSA) is 49.9 Å². The quantitative estimate of drug-likeness (QED) is 0.822. The van der Waals surface area contributed by atoms with Crippen molar-refractivity contribution in [1.29, 1.82) is 0 Å². The van der Waals surface area contributed by atoms with Crippen molar-refractivity contribution in [3.05, 3.63) is 29.8 Å². The number of amides is 2. The SMILES string of the molecule is CN(C)C(=O)[C@H]1CSCN1C(=O)[C@H]1COc2ccccc2C1. The standard InChI is InChI=1S/C16H20N2O3S/c1-17(2)16(20)13-9-22-10-18(13)15(19)12-7-11-5-3-4-6-14(11)21-8-12/h3-6,12-13H,7-10H2,1-2H3/t12-,13-/m1/s1. The second-order valence-electron chi connectivity index (χ2n) is 5.88. The van der Waals surface area contributed by atoms with E-state index in [0.29, 0.717) is 24.7 Å². The molecule has 0 aliphatic carbocycles. The number of benzene rings is 1. The number of fused-ring (bicyclic) bond motifs is 1. The summed E-state index contributed by atoms with van der Waals surface area (Å²) in [7, 11) is 3.46. The highest BCUT2D eigenvalue weighted by Crippen LogP contribution is 2.30. The number of nitrogens with zero attached hydrogens (tertiary/aromatic N) is 2. The fourth-order valence-corrected chi connectivity index (χ4v) is 4.04. The first-order valence-electron chi connectivity index (χ1n) is 7.38. The van der Waals surface area contributed by atoms with Crippen molar-refractivity contribution < 1.29 is 14.3 Å². The summed E-state index contributed by atoms with van der Waals surface area (Å²) in [6.07, 6.45) is 0.680. The molecule has 0 radical (unpaired) electrons. The lowest BCUT2D eigenvalue weighted by atomic mass is 9.95. The summed E-state index contributed by atoms with van der Waals surface area (Å²) in [5.41, 5.74) is 1.06. The van der Waals surface area contributed by atoms with Crippen molar-refractivity contribution in [2.24, 2.45) is 5.92 Å². The molecule has 22 heavy (non-hydrogen) atoms. The molecule has 1 fully saturated rings. The van der Waals surface area contributed by atoms with Gasteiger partial charge in [0.1, 0.15) is 18.4 Å². The maximum Gasteiger partial charge on any atom is 0.245 e. The molecule has 2 atom stereocenters. The first kappa shape index (κ1) is 15.2. The number of ether oxygens (including phenoxy) is 1. The van der Waals surface area contributed by atoms with Crippen LogP contribution in [0.5, 0.6) is 5.75 Å². The normalized spacial score (nSPS) is 23.6. The van der Waals surface area contributed by atoms with E-state index in [1.807, 2.05) is 24.3 Å². The van der Waals surface area contributed by atoms with Gasteiger partial charge in [-0.2, -0.15) is 0 Å². The van der Waals surface area contributed by atoms with Crippen LogP contribution in [0.4, 0.5) is 0 Å². The number of likely N-dealkylation sites (N-methyl/N-ethyl adjacent to an activating group) is 1. The van der Waals surface area contributed by atoms with Crippen LogP contribution in [0.15, 0.2) is 24.3 Å². The number of para-hydroxylation sites is 1. The molecule has 1 aromatic rings. The van der Waals surface area contributed by atoms with Gasteiger partial charge in [0.15, 0.2) is 0 Å². The zero-order chi connectivity index (χ0) is 15.7. The van der Waals surface area contributed by atoms with Gasteiger partial charge in [0, 0.05) is 19.8 Å². The van der Waals surface area contributed by atoms with Gasteiger partial charge < -0.3 is 14.5 Å². The van der Waals surface area contributed by atoms with Crippen LogP contribution in [-0.4, -0.2) is 60.0 Å². The van der Waals surface area contributed by atoms with Gasteiger partial charge in [-0.3, -0.25) is 9.59 Å². The van der Waals surface area contributed by atoms with E-state index in [1.165, 1.54) is 0 Å². The lowest BCUT2D eigenvalue weighted by Gasteiger charge is -2.31. The average molecular weight is 320 g/mol. The summed E-state index contributed by atoms with van der Waals surface area (Å²) in [5, 5.41) is 0. The molecule has 1 saturated heterocycles. The lowest BCUT2D eigenvalue weighted by molar-refractivity contribution is -0.145. The predicted octanol–water partition coefficient (Wildman–Crippen LogP) is 1.23. The van der Waals surface area contributed by atoms with Crippen LogP contribution in [0.25, 0.3) is 0 Å². The predicted molar refractivity (Wildman–Crippen MR) is 85.8 cm³/mol. The number of hydrogen-bond acceptors (Lipinski definition) is 4. The Morgan fingerprint density at radius 3 is 2.86 bits per heavy atom. The Morgan fingerprint density at radius 1 is 1.32 bits per heavy atom. The van der Waals surface area contributed by atoms with Gasteiger partial charge in [0.25, 0.3) is 0 Å². The lowest BCUT2D eigenvalue weighted by Crippen LogP contribution is -2.50. The van der Waals surface area contributed by atoms with Crippen LogP contribution < -0.4 is 4.74 Å².